The molecule has 0 atom stereocenters. The van der Waals surface area contributed by atoms with Crippen molar-refractivity contribution in [3.8, 4) is 0 Å². The summed E-state index contributed by atoms with van der Waals surface area (Å²) < 4.78 is 0. The normalized spacial score (nSPS) is 9.44. The van der Waals surface area contributed by atoms with E-state index in [0.29, 0.717) is 0 Å². The summed E-state index contributed by atoms with van der Waals surface area (Å²) in [5.74, 6) is 0. The van der Waals surface area contributed by atoms with E-state index in [-0.39, 0.29) is 0 Å². The van der Waals surface area contributed by atoms with E-state index in [9.17, 15) is 0 Å². The first-order valence-electron chi connectivity index (χ1n) is 3.38. The molecule has 1 radical (unpaired) electrons. The Balaban J connectivity index is 2.61. The molecule has 0 saturated carbocycles. The van der Waals surface area contributed by atoms with Gasteiger partial charge in [0.15, 0.2) is 0 Å². The number of aryl methyl sites for hydroxylation is 1. The molecule has 9 heavy (non-hydrogen) atoms. The van der Waals surface area contributed by atoms with Crippen LogP contribution in [0.2, 0.25) is 0 Å². The third-order valence-electron chi connectivity index (χ3n) is 1.31. The summed E-state index contributed by atoms with van der Waals surface area (Å²) in [5.41, 5.74) is 1.39. The van der Waals surface area contributed by atoms with Gasteiger partial charge in [0, 0.05) is 0 Å². The Morgan fingerprint density at radius 3 is 3.00 bits per heavy atom. The molecule has 1 aromatic rings. The van der Waals surface area contributed by atoms with Crippen LogP contribution in [0.1, 0.15) is 18.9 Å². The summed E-state index contributed by atoms with van der Waals surface area (Å²) in [7, 11) is 0. The first-order valence-corrected chi connectivity index (χ1v) is 3.38. The fraction of sp³-hybridized carbons (Fsp3) is 0.333. The van der Waals surface area contributed by atoms with Crippen molar-refractivity contribution >= 4 is 0 Å². The monoisotopic (exact) mass is 119 g/mol. The van der Waals surface area contributed by atoms with Crippen LogP contribution in [0.3, 0.4) is 0 Å². The lowest BCUT2D eigenvalue weighted by Crippen LogP contribution is -1.79. The number of hydrogen-bond donors (Lipinski definition) is 0. The zero-order chi connectivity index (χ0) is 6.53. The Labute approximate surface area is 56.5 Å². The summed E-state index contributed by atoms with van der Waals surface area (Å²) in [6, 6.07) is 11.2. The SMILES string of the molecule is CCCc1c[c]ccc1. The van der Waals surface area contributed by atoms with Gasteiger partial charge in [-0.15, -0.1) is 0 Å². The third-order valence-corrected chi connectivity index (χ3v) is 1.31. The Hall–Kier alpha value is -0.780. The van der Waals surface area contributed by atoms with E-state index in [1.807, 2.05) is 18.2 Å². The van der Waals surface area contributed by atoms with Gasteiger partial charge in [-0.1, -0.05) is 37.6 Å². The van der Waals surface area contributed by atoms with Crippen molar-refractivity contribution in [1.29, 1.82) is 0 Å². The van der Waals surface area contributed by atoms with Crippen molar-refractivity contribution in [2.75, 3.05) is 0 Å². The molecule has 0 saturated heterocycles. The molecule has 0 heterocycles. The fourth-order valence-electron chi connectivity index (χ4n) is 0.875. The Kier molecular flexibility index (Phi) is 2.32. The first kappa shape index (κ1) is 6.34. The van der Waals surface area contributed by atoms with Crippen LogP contribution in [-0.4, -0.2) is 0 Å². The topological polar surface area (TPSA) is 0 Å². The lowest BCUT2D eigenvalue weighted by Gasteiger charge is -1.93. The van der Waals surface area contributed by atoms with Gasteiger partial charge in [-0.05, 0) is 18.1 Å². The van der Waals surface area contributed by atoms with E-state index in [1.54, 1.807) is 0 Å². The highest BCUT2D eigenvalue weighted by atomic mass is 13.9. The second kappa shape index (κ2) is 3.29. The van der Waals surface area contributed by atoms with E-state index in [1.165, 1.54) is 18.4 Å². The zero-order valence-electron chi connectivity index (χ0n) is 5.72. The lowest BCUT2D eigenvalue weighted by atomic mass is 10.1. The van der Waals surface area contributed by atoms with Gasteiger partial charge >= 0.3 is 0 Å². The average Bonchev–Trinajstić information content (AvgIpc) is 1.91. The summed E-state index contributed by atoms with van der Waals surface area (Å²) >= 11 is 0. The quantitative estimate of drug-likeness (QED) is 0.561. The van der Waals surface area contributed by atoms with Crippen LogP contribution < -0.4 is 0 Å². The van der Waals surface area contributed by atoms with Crippen LogP contribution >= 0.6 is 0 Å². The van der Waals surface area contributed by atoms with Crippen molar-refractivity contribution in [2.45, 2.75) is 19.8 Å². The Morgan fingerprint density at radius 1 is 1.56 bits per heavy atom. The maximum absolute atomic E-state index is 3.05. The molecule has 0 nitrogen and oxygen atoms in total. The molecule has 0 aliphatic rings. The van der Waals surface area contributed by atoms with Crippen LogP contribution in [0.5, 0.6) is 0 Å². The summed E-state index contributed by atoms with van der Waals surface area (Å²) in [4.78, 5) is 0. The zero-order valence-corrected chi connectivity index (χ0v) is 5.72. The van der Waals surface area contributed by atoms with Gasteiger partial charge in [-0.2, -0.15) is 0 Å². The van der Waals surface area contributed by atoms with E-state index >= 15 is 0 Å². The van der Waals surface area contributed by atoms with E-state index < -0.39 is 0 Å². The molecule has 1 rings (SSSR count). The maximum Gasteiger partial charge on any atom is -0.0181 e. The van der Waals surface area contributed by atoms with Gasteiger partial charge in [-0.3, -0.25) is 0 Å². The molecule has 1 aromatic carbocycles. The lowest BCUT2D eigenvalue weighted by molar-refractivity contribution is 0.922. The van der Waals surface area contributed by atoms with Crippen molar-refractivity contribution in [3.63, 3.8) is 0 Å². The van der Waals surface area contributed by atoms with Gasteiger partial charge in [0.25, 0.3) is 0 Å². The molecule has 0 aliphatic carbocycles. The largest absolute Gasteiger partial charge is 0.0651 e. The van der Waals surface area contributed by atoms with Gasteiger partial charge in [0.2, 0.25) is 0 Å². The molecule has 0 amide bonds. The van der Waals surface area contributed by atoms with Crippen molar-refractivity contribution in [1.82, 2.24) is 0 Å². The van der Waals surface area contributed by atoms with Crippen LogP contribution in [0.15, 0.2) is 24.3 Å². The minimum atomic E-state index is 1.18. The number of hydrogen-bond acceptors (Lipinski definition) is 0. The molecule has 47 valence electrons. The van der Waals surface area contributed by atoms with E-state index in [0.717, 1.165) is 0 Å². The minimum Gasteiger partial charge on any atom is -0.0651 e. The standard InChI is InChI=1S/C9H11/c1-2-6-9-7-4-3-5-8-9/h3-4,7-8H,2,6H2,1H3. The molecule has 0 heteroatoms. The van der Waals surface area contributed by atoms with Gasteiger partial charge in [0.05, 0.1) is 0 Å². The molecular weight excluding hydrogens is 108 g/mol. The fourth-order valence-corrected chi connectivity index (χ4v) is 0.875. The first-order chi connectivity index (χ1) is 4.43. The maximum atomic E-state index is 3.05. The molecule has 0 aromatic heterocycles. The average molecular weight is 119 g/mol. The predicted octanol–water partition coefficient (Wildman–Crippen LogP) is 2.44. The minimum absolute atomic E-state index is 1.18. The van der Waals surface area contributed by atoms with E-state index in [4.69, 9.17) is 0 Å². The smallest absolute Gasteiger partial charge is 0.0181 e. The van der Waals surface area contributed by atoms with Gasteiger partial charge in [-0.25, -0.2) is 0 Å². The summed E-state index contributed by atoms with van der Waals surface area (Å²) in [6.07, 6.45) is 2.40. The molecule has 0 N–H and O–H groups in total. The number of rotatable bonds is 2. The second-order valence-electron chi connectivity index (χ2n) is 2.16. The van der Waals surface area contributed by atoms with Gasteiger partial charge in [0.1, 0.15) is 0 Å². The van der Waals surface area contributed by atoms with Crippen molar-refractivity contribution < 1.29 is 0 Å². The summed E-state index contributed by atoms with van der Waals surface area (Å²) in [5, 5.41) is 0. The highest BCUT2D eigenvalue weighted by Gasteiger charge is 1.84. The van der Waals surface area contributed by atoms with Crippen LogP contribution in [0, 0.1) is 6.07 Å². The molecule has 0 spiro atoms. The molecule has 0 bridgehead atoms. The Morgan fingerprint density at radius 2 is 2.44 bits per heavy atom. The second-order valence-corrected chi connectivity index (χ2v) is 2.16. The highest BCUT2D eigenvalue weighted by molar-refractivity contribution is 5.13. The molecule has 0 fully saturated rings. The number of benzene rings is 1. The van der Waals surface area contributed by atoms with Crippen LogP contribution in [0.25, 0.3) is 0 Å². The van der Waals surface area contributed by atoms with Gasteiger partial charge < -0.3 is 0 Å². The highest BCUT2D eigenvalue weighted by Crippen LogP contribution is 1.99. The molecular formula is C9H11. The van der Waals surface area contributed by atoms with Crippen molar-refractivity contribution in [3.05, 3.63) is 35.9 Å². The van der Waals surface area contributed by atoms with E-state index in [2.05, 4.69) is 19.1 Å². The molecule has 0 unspecified atom stereocenters. The van der Waals surface area contributed by atoms with Crippen molar-refractivity contribution in [2.24, 2.45) is 0 Å². The Bertz CT molecular complexity index is 153. The van der Waals surface area contributed by atoms with Crippen LogP contribution in [-0.2, 0) is 6.42 Å². The summed E-state index contributed by atoms with van der Waals surface area (Å²) in [6.45, 7) is 2.19. The molecule has 0 aliphatic heterocycles. The predicted molar refractivity (Wildman–Crippen MR) is 39.3 cm³/mol. The third kappa shape index (κ3) is 1.88. The van der Waals surface area contributed by atoms with Crippen LogP contribution in [0.4, 0.5) is 0 Å².